The van der Waals surface area contributed by atoms with Gasteiger partial charge in [-0.15, -0.1) is 0 Å². The van der Waals surface area contributed by atoms with Crippen LogP contribution in [0.25, 0.3) is 0 Å². The van der Waals surface area contributed by atoms with Crippen LogP contribution in [-0.4, -0.2) is 21.9 Å². The van der Waals surface area contributed by atoms with Gasteiger partial charge in [0.2, 0.25) is 0 Å². The van der Waals surface area contributed by atoms with Crippen LogP contribution in [0.1, 0.15) is 73.5 Å². The van der Waals surface area contributed by atoms with E-state index in [1.54, 1.807) is 0 Å². The van der Waals surface area contributed by atoms with Crippen molar-refractivity contribution in [1.82, 2.24) is 4.90 Å². The molecule has 1 saturated carbocycles. The normalized spacial score (nSPS) is 19.0. The molecule has 1 N–H and O–H groups in total. The first kappa shape index (κ1) is 20.6. The molecule has 1 atom stereocenters. The van der Waals surface area contributed by atoms with Crippen LogP contribution in [0.5, 0.6) is 0 Å². The van der Waals surface area contributed by atoms with Crippen molar-refractivity contribution in [1.29, 1.82) is 0 Å². The van der Waals surface area contributed by atoms with Crippen LogP contribution in [0.15, 0.2) is 48.5 Å². The zero-order valence-corrected chi connectivity index (χ0v) is 18.1. The first-order valence-electron chi connectivity index (χ1n) is 10.9. The van der Waals surface area contributed by atoms with Crippen LogP contribution < -0.4 is 0 Å². The summed E-state index contributed by atoms with van der Waals surface area (Å²) in [6.07, 6.45) is 4.13. The van der Waals surface area contributed by atoms with E-state index in [-0.39, 0.29) is 11.8 Å². The number of aliphatic carboxylic acids is 1. The fraction of sp³-hybridized carbons (Fsp3) is 0.462. The summed E-state index contributed by atoms with van der Waals surface area (Å²) < 4.78 is 0. The lowest BCUT2D eigenvalue weighted by atomic mass is 9.55. The quantitative estimate of drug-likeness (QED) is 0.724. The van der Waals surface area contributed by atoms with Gasteiger partial charge in [-0.3, -0.25) is 9.59 Å². The van der Waals surface area contributed by atoms with Crippen molar-refractivity contribution in [2.75, 3.05) is 0 Å². The summed E-state index contributed by atoms with van der Waals surface area (Å²) in [5.41, 5.74) is 2.46. The first-order valence-corrected chi connectivity index (χ1v) is 10.9. The van der Waals surface area contributed by atoms with Crippen LogP contribution >= 0.6 is 0 Å². The molecule has 4 nitrogen and oxygen atoms in total. The molecule has 2 aromatic rings. The summed E-state index contributed by atoms with van der Waals surface area (Å²) in [4.78, 5) is 27.3. The Morgan fingerprint density at radius 3 is 2.23 bits per heavy atom. The Bertz CT molecular complexity index is 951. The van der Waals surface area contributed by atoms with Crippen molar-refractivity contribution in [3.8, 4) is 0 Å². The molecule has 4 heteroatoms. The van der Waals surface area contributed by atoms with Gasteiger partial charge in [-0.1, -0.05) is 76.1 Å². The number of nitrogens with zero attached hydrogens (tertiary/aromatic N) is 1. The van der Waals surface area contributed by atoms with E-state index in [9.17, 15) is 14.7 Å². The third-order valence-electron chi connectivity index (χ3n) is 7.17. The van der Waals surface area contributed by atoms with Gasteiger partial charge in [-0.05, 0) is 46.9 Å². The second kappa shape index (κ2) is 7.57. The molecule has 0 spiro atoms. The molecular weight excluding hydrogens is 374 g/mol. The SMILES string of the molecule is CC(C)(C)[C@](C(=O)O)(c1ccc(CN2Cc3ccccc3C2=O)cc1)C1CCCC1. The van der Waals surface area contributed by atoms with E-state index in [1.807, 2.05) is 74.2 Å². The largest absolute Gasteiger partial charge is 0.481 e. The molecule has 1 aliphatic carbocycles. The zero-order valence-electron chi connectivity index (χ0n) is 18.1. The van der Waals surface area contributed by atoms with Crippen molar-refractivity contribution in [3.63, 3.8) is 0 Å². The fourth-order valence-electron chi connectivity index (χ4n) is 5.79. The second-order valence-electron chi connectivity index (χ2n) is 9.86. The lowest BCUT2D eigenvalue weighted by Crippen LogP contribution is -2.52. The zero-order chi connectivity index (χ0) is 21.5. The van der Waals surface area contributed by atoms with Crippen LogP contribution in [0.3, 0.4) is 0 Å². The lowest BCUT2D eigenvalue weighted by Gasteiger charge is -2.46. The maximum absolute atomic E-state index is 12.7. The number of carboxylic acid groups (broad SMARTS) is 1. The van der Waals surface area contributed by atoms with E-state index >= 15 is 0 Å². The molecule has 0 aromatic heterocycles. The second-order valence-corrected chi connectivity index (χ2v) is 9.86. The molecule has 2 aliphatic rings. The van der Waals surface area contributed by atoms with Crippen LogP contribution in [-0.2, 0) is 23.3 Å². The number of hydrogen-bond donors (Lipinski definition) is 1. The third-order valence-corrected chi connectivity index (χ3v) is 7.17. The molecule has 1 aliphatic heterocycles. The number of amides is 1. The van der Waals surface area contributed by atoms with Gasteiger partial charge in [-0.25, -0.2) is 0 Å². The van der Waals surface area contributed by atoms with E-state index in [4.69, 9.17) is 0 Å². The van der Waals surface area contributed by atoms with Crippen LogP contribution in [0.4, 0.5) is 0 Å². The molecule has 0 bridgehead atoms. The highest BCUT2D eigenvalue weighted by Gasteiger charge is 2.55. The van der Waals surface area contributed by atoms with Gasteiger partial charge in [0.1, 0.15) is 5.41 Å². The molecule has 1 heterocycles. The minimum Gasteiger partial charge on any atom is -0.481 e. The number of carbonyl (C=O) groups is 2. The molecule has 4 rings (SSSR count). The smallest absolute Gasteiger partial charge is 0.314 e. The molecule has 0 saturated heterocycles. The van der Waals surface area contributed by atoms with E-state index in [0.29, 0.717) is 13.1 Å². The van der Waals surface area contributed by atoms with Crippen molar-refractivity contribution in [2.45, 2.75) is 65.0 Å². The van der Waals surface area contributed by atoms with E-state index in [2.05, 4.69) is 0 Å². The average molecular weight is 406 g/mol. The van der Waals surface area contributed by atoms with Crippen LogP contribution in [0.2, 0.25) is 0 Å². The number of carbonyl (C=O) groups excluding carboxylic acids is 1. The minimum absolute atomic E-state index is 0.0650. The molecule has 1 fully saturated rings. The molecule has 30 heavy (non-hydrogen) atoms. The fourth-order valence-corrected chi connectivity index (χ4v) is 5.79. The number of fused-ring (bicyclic) bond motifs is 1. The summed E-state index contributed by atoms with van der Waals surface area (Å²) in [6.45, 7) is 7.31. The summed E-state index contributed by atoms with van der Waals surface area (Å²) in [5.74, 6) is -0.509. The average Bonchev–Trinajstić information content (AvgIpc) is 3.32. The topological polar surface area (TPSA) is 57.6 Å². The van der Waals surface area contributed by atoms with E-state index < -0.39 is 16.8 Å². The minimum atomic E-state index is -0.901. The van der Waals surface area contributed by atoms with Crippen LogP contribution in [0, 0.1) is 11.3 Å². The number of carboxylic acids is 1. The Hall–Kier alpha value is -2.62. The first-order chi connectivity index (χ1) is 14.2. The van der Waals surface area contributed by atoms with E-state index in [1.165, 1.54) is 0 Å². The van der Waals surface area contributed by atoms with E-state index in [0.717, 1.165) is 47.9 Å². The van der Waals surface area contributed by atoms with Crippen molar-refractivity contribution >= 4 is 11.9 Å². The molecule has 0 radical (unpaired) electrons. The van der Waals surface area contributed by atoms with Gasteiger partial charge < -0.3 is 10.0 Å². The molecule has 158 valence electrons. The molecule has 0 unspecified atom stereocenters. The van der Waals surface area contributed by atoms with Gasteiger partial charge in [-0.2, -0.15) is 0 Å². The number of benzene rings is 2. The Labute approximate surface area is 178 Å². The van der Waals surface area contributed by atoms with Gasteiger partial charge >= 0.3 is 5.97 Å². The monoisotopic (exact) mass is 405 g/mol. The Morgan fingerprint density at radius 1 is 1.03 bits per heavy atom. The predicted molar refractivity (Wildman–Crippen MR) is 117 cm³/mol. The van der Waals surface area contributed by atoms with Gasteiger partial charge in [0, 0.05) is 18.7 Å². The van der Waals surface area contributed by atoms with Gasteiger partial charge in [0.25, 0.3) is 5.91 Å². The number of hydrogen-bond acceptors (Lipinski definition) is 2. The highest BCUT2D eigenvalue weighted by molar-refractivity contribution is 5.98. The van der Waals surface area contributed by atoms with Crippen molar-refractivity contribution in [3.05, 3.63) is 70.8 Å². The summed E-state index contributed by atoms with van der Waals surface area (Å²) in [5, 5.41) is 10.5. The Morgan fingerprint density at radius 2 is 1.67 bits per heavy atom. The summed E-state index contributed by atoms with van der Waals surface area (Å²) in [6, 6.07) is 15.7. The number of rotatable bonds is 5. The Balaban J connectivity index is 1.62. The van der Waals surface area contributed by atoms with Gasteiger partial charge in [0.15, 0.2) is 0 Å². The molecule has 2 aromatic carbocycles. The third kappa shape index (κ3) is 3.23. The van der Waals surface area contributed by atoms with Crippen molar-refractivity contribution < 1.29 is 14.7 Å². The highest BCUT2D eigenvalue weighted by atomic mass is 16.4. The predicted octanol–water partition coefficient (Wildman–Crippen LogP) is 5.40. The highest BCUT2D eigenvalue weighted by Crippen LogP contribution is 2.52. The Kier molecular flexibility index (Phi) is 5.21. The standard InChI is InChI=1S/C26H31NO3/c1-25(2,3)26(24(29)30,20-9-5-6-10-20)21-14-12-18(13-15-21)16-27-17-19-8-4-7-11-22(19)23(27)28/h4,7-8,11-15,20H,5-6,9-10,16-17H2,1-3H3,(H,29,30)/t26-/m0/s1. The summed E-state index contributed by atoms with van der Waals surface area (Å²) in [7, 11) is 0. The maximum atomic E-state index is 12.7. The van der Waals surface area contributed by atoms with Gasteiger partial charge in [0.05, 0.1) is 0 Å². The molecular formula is C26H31NO3. The molecule has 1 amide bonds. The lowest BCUT2D eigenvalue weighted by molar-refractivity contribution is -0.152. The maximum Gasteiger partial charge on any atom is 0.314 e. The summed E-state index contributed by atoms with van der Waals surface area (Å²) >= 11 is 0. The van der Waals surface area contributed by atoms with Crippen molar-refractivity contribution in [2.24, 2.45) is 11.3 Å².